The van der Waals surface area contributed by atoms with Crippen molar-refractivity contribution in [3.8, 4) is 11.3 Å². The highest BCUT2D eigenvalue weighted by Gasteiger charge is 2.19. The minimum absolute atomic E-state index is 0.137. The first-order valence-corrected chi connectivity index (χ1v) is 9.55. The van der Waals surface area contributed by atoms with Gasteiger partial charge in [0.1, 0.15) is 0 Å². The molecule has 0 saturated heterocycles. The van der Waals surface area contributed by atoms with Crippen LogP contribution in [0, 0.1) is 13.8 Å². The zero-order chi connectivity index (χ0) is 20.7. The van der Waals surface area contributed by atoms with Crippen molar-refractivity contribution < 1.29 is 4.79 Å². The number of aromatic nitrogens is 5. The molecule has 3 aromatic heterocycles. The smallest absolute Gasteiger partial charge is 0.252 e. The summed E-state index contributed by atoms with van der Waals surface area (Å²) in [6, 6.07) is 9.40. The maximum absolute atomic E-state index is 13.2. The summed E-state index contributed by atoms with van der Waals surface area (Å²) in [4.78, 5) is 18.0. The molecule has 0 unspecified atom stereocenters. The number of nitrogens with one attached hydrogen (secondary N) is 1. The lowest BCUT2D eigenvalue weighted by atomic mass is 10.0. The molecule has 1 atom stereocenters. The lowest BCUT2D eigenvalue weighted by Gasteiger charge is -2.15. The Kier molecular flexibility index (Phi) is 4.66. The Morgan fingerprint density at radius 2 is 1.72 bits per heavy atom. The predicted octanol–water partition coefficient (Wildman–Crippen LogP) is 3.48. The fraction of sp³-hybridized carbons (Fsp3) is 0.273. The van der Waals surface area contributed by atoms with Gasteiger partial charge in [0, 0.05) is 42.0 Å². The monoisotopic (exact) mass is 388 g/mol. The van der Waals surface area contributed by atoms with Gasteiger partial charge < -0.3 is 5.32 Å². The van der Waals surface area contributed by atoms with Gasteiger partial charge in [-0.25, -0.2) is 4.98 Å². The topological polar surface area (TPSA) is 77.6 Å². The summed E-state index contributed by atoms with van der Waals surface area (Å²) in [6.45, 7) is 5.96. The number of carbonyl (C=O) groups is 1. The standard InChI is InChI=1S/C22H24N6O/c1-13(18-11-23-27(4)14(18)2)25-22(29)17-10-21(19-12-24-28(5)15(19)3)26-20-9-7-6-8-16(17)20/h6-13H,1-5H3,(H,25,29)/t13-/m1/s1. The number of amides is 1. The summed E-state index contributed by atoms with van der Waals surface area (Å²) < 4.78 is 3.61. The van der Waals surface area contributed by atoms with Crippen LogP contribution in [0.15, 0.2) is 42.7 Å². The van der Waals surface area contributed by atoms with E-state index in [2.05, 4.69) is 15.5 Å². The summed E-state index contributed by atoms with van der Waals surface area (Å²) >= 11 is 0. The first kappa shape index (κ1) is 18.9. The molecule has 0 spiro atoms. The van der Waals surface area contributed by atoms with Crippen LogP contribution in [0.1, 0.15) is 40.3 Å². The summed E-state index contributed by atoms with van der Waals surface area (Å²) in [7, 11) is 3.79. The lowest BCUT2D eigenvalue weighted by molar-refractivity contribution is 0.0941. The van der Waals surface area contributed by atoms with Gasteiger partial charge >= 0.3 is 0 Å². The van der Waals surface area contributed by atoms with Gasteiger partial charge in [-0.05, 0) is 32.9 Å². The van der Waals surface area contributed by atoms with Crippen LogP contribution in [0.25, 0.3) is 22.2 Å². The zero-order valence-corrected chi connectivity index (χ0v) is 17.3. The molecule has 0 saturated carbocycles. The maximum atomic E-state index is 13.2. The van der Waals surface area contributed by atoms with Gasteiger partial charge in [0.2, 0.25) is 0 Å². The van der Waals surface area contributed by atoms with Gasteiger partial charge in [-0.1, -0.05) is 18.2 Å². The van der Waals surface area contributed by atoms with Crippen molar-refractivity contribution in [3.05, 3.63) is 65.2 Å². The molecule has 1 N–H and O–H groups in total. The molecule has 4 rings (SSSR count). The summed E-state index contributed by atoms with van der Waals surface area (Å²) in [5.74, 6) is -0.137. The molecule has 4 aromatic rings. The van der Waals surface area contributed by atoms with Gasteiger partial charge in [-0.15, -0.1) is 0 Å². The highest BCUT2D eigenvalue weighted by molar-refractivity contribution is 6.07. The molecule has 7 nitrogen and oxygen atoms in total. The molecule has 0 radical (unpaired) electrons. The van der Waals surface area contributed by atoms with Crippen molar-refractivity contribution in [3.63, 3.8) is 0 Å². The number of hydrogen-bond donors (Lipinski definition) is 1. The van der Waals surface area contributed by atoms with Crippen LogP contribution < -0.4 is 5.32 Å². The molecule has 1 amide bonds. The van der Waals surface area contributed by atoms with Gasteiger partial charge in [0.25, 0.3) is 5.91 Å². The first-order valence-electron chi connectivity index (χ1n) is 9.55. The van der Waals surface area contributed by atoms with Crippen molar-refractivity contribution >= 4 is 16.8 Å². The quantitative estimate of drug-likeness (QED) is 0.581. The van der Waals surface area contributed by atoms with Crippen molar-refractivity contribution in [2.75, 3.05) is 0 Å². The fourth-order valence-corrected chi connectivity index (χ4v) is 3.54. The van der Waals surface area contributed by atoms with E-state index in [4.69, 9.17) is 4.98 Å². The Hall–Kier alpha value is -3.48. The van der Waals surface area contributed by atoms with Crippen LogP contribution >= 0.6 is 0 Å². The second kappa shape index (κ2) is 7.16. The van der Waals surface area contributed by atoms with Crippen LogP contribution in [0.2, 0.25) is 0 Å². The van der Waals surface area contributed by atoms with E-state index in [-0.39, 0.29) is 11.9 Å². The third kappa shape index (κ3) is 3.29. The Balaban J connectivity index is 1.76. The zero-order valence-electron chi connectivity index (χ0n) is 17.3. The average Bonchev–Trinajstić information content (AvgIpc) is 3.22. The Morgan fingerprint density at radius 3 is 2.38 bits per heavy atom. The second-order valence-electron chi connectivity index (χ2n) is 7.34. The molecule has 3 heterocycles. The van der Waals surface area contributed by atoms with Crippen molar-refractivity contribution in [1.82, 2.24) is 29.9 Å². The number of fused-ring (bicyclic) bond motifs is 1. The van der Waals surface area contributed by atoms with Crippen molar-refractivity contribution in [1.29, 1.82) is 0 Å². The first-order chi connectivity index (χ1) is 13.9. The molecule has 0 fully saturated rings. The highest BCUT2D eigenvalue weighted by atomic mass is 16.1. The lowest BCUT2D eigenvalue weighted by Crippen LogP contribution is -2.27. The van der Waals surface area contributed by atoms with Gasteiger partial charge in [-0.3, -0.25) is 14.2 Å². The molecular weight excluding hydrogens is 364 g/mol. The Labute approximate surface area is 169 Å². The molecule has 1 aromatic carbocycles. The largest absolute Gasteiger partial charge is 0.345 e. The van der Waals surface area contributed by atoms with Crippen LogP contribution in [0.5, 0.6) is 0 Å². The van der Waals surface area contributed by atoms with Gasteiger partial charge in [0.15, 0.2) is 0 Å². The fourth-order valence-electron chi connectivity index (χ4n) is 3.54. The summed E-state index contributed by atoms with van der Waals surface area (Å²) in [6.07, 6.45) is 3.59. The van der Waals surface area contributed by atoms with Crippen LogP contribution in [0.4, 0.5) is 0 Å². The molecule has 7 heteroatoms. The van der Waals surface area contributed by atoms with E-state index < -0.39 is 0 Å². The second-order valence-corrected chi connectivity index (χ2v) is 7.34. The minimum atomic E-state index is -0.160. The van der Waals surface area contributed by atoms with Crippen molar-refractivity contribution in [2.24, 2.45) is 14.1 Å². The molecule has 0 bridgehead atoms. The maximum Gasteiger partial charge on any atom is 0.252 e. The minimum Gasteiger partial charge on any atom is -0.345 e. The molecule has 0 aliphatic rings. The third-order valence-electron chi connectivity index (χ3n) is 5.56. The number of rotatable bonds is 4. The number of nitrogens with zero attached hydrogens (tertiary/aromatic N) is 5. The van der Waals surface area contributed by atoms with E-state index in [0.717, 1.165) is 39.1 Å². The molecule has 148 valence electrons. The number of benzene rings is 1. The predicted molar refractivity (Wildman–Crippen MR) is 113 cm³/mol. The number of pyridine rings is 1. The third-order valence-corrected chi connectivity index (χ3v) is 5.56. The molecule has 0 aliphatic carbocycles. The van der Waals surface area contributed by atoms with Gasteiger partial charge in [0.05, 0.1) is 35.2 Å². The average molecular weight is 388 g/mol. The van der Waals surface area contributed by atoms with Crippen LogP contribution in [-0.2, 0) is 14.1 Å². The Morgan fingerprint density at radius 1 is 1.03 bits per heavy atom. The number of para-hydroxylation sites is 1. The number of aryl methyl sites for hydroxylation is 2. The van der Waals surface area contributed by atoms with Gasteiger partial charge in [-0.2, -0.15) is 10.2 Å². The van der Waals surface area contributed by atoms with Crippen LogP contribution in [0.3, 0.4) is 0 Å². The van der Waals surface area contributed by atoms with Crippen LogP contribution in [-0.4, -0.2) is 30.5 Å². The van der Waals surface area contributed by atoms with E-state index in [1.54, 1.807) is 17.1 Å². The highest BCUT2D eigenvalue weighted by Crippen LogP contribution is 2.27. The van der Waals surface area contributed by atoms with E-state index >= 15 is 0 Å². The number of carbonyl (C=O) groups excluding carboxylic acids is 1. The summed E-state index contributed by atoms with van der Waals surface area (Å²) in [5, 5.41) is 12.5. The van der Waals surface area contributed by atoms with Crippen molar-refractivity contribution in [2.45, 2.75) is 26.8 Å². The molecule has 0 aliphatic heterocycles. The molecular formula is C22H24N6O. The molecule has 29 heavy (non-hydrogen) atoms. The SMILES string of the molecule is Cc1c(-c2cc(C(=O)N[C@H](C)c3cnn(C)c3C)c3ccccc3n2)cnn1C. The van der Waals surface area contributed by atoms with E-state index in [9.17, 15) is 4.79 Å². The Bertz CT molecular complexity index is 1220. The van der Waals surface area contributed by atoms with E-state index in [1.165, 1.54) is 0 Å². The normalized spacial score (nSPS) is 12.3. The van der Waals surface area contributed by atoms with E-state index in [0.29, 0.717) is 5.56 Å². The number of hydrogen-bond acceptors (Lipinski definition) is 4. The van der Waals surface area contributed by atoms with E-state index in [1.807, 2.05) is 69.9 Å². The summed E-state index contributed by atoms with van der Waals surface area (Å²) in [5.41, 5.74) is 6.07.